The Balaban J connectivity index is 1.83. The lowest BCUT2D eigenvalue weighted by molar-refractivity contribution is -0.119. The molecule has 0 aromatic heterocycles. The highest BCUT2D eigenvalue weighted by atomic mass is 16.5. The molecule has 1 fully saturated rings. The maximum absolute atomic E-state index is 13.0. The fourth-order valence-corrected chi connectivity index (χ4v) is 4.15. The lowest BCUT2D eigenvalue weighted by atomic mass is 10.0. The smallest absolute Gasteiger partial charge is 0.339 e. The molecule has 33 heavy (non-hydrogen) atoms. The second-order valence-electron chi connectivity index (χ2n) is 8.68. The van der Waals surface area contributed by atoms with Gasteiger partial charge >= 0.3 is 5.97 Å². The van der Waals surface area contributed by atoms with Crippen LogP contribution in [0.2, 0.25) is 0 Å². The summed E-state index contributed by atoms with van der Waals surface area (Å²) in [5.41, 5.74) is 3.78. The van der Waals surface area contributed by atoms with Gasteiger partial charge in [0.2, 0.25) is 5.91 Å². The first-order valence-corrected chi connectivity index (χ1v) is 11.7. The molecule has 2 aromatic rings. The summed E-state index contributed by atoms with van der Waals surface area (Å²) in [4.78, 5) is 26.9. The zero-order chi connectivity index (χ0) is 23.8. The number of hydrogen-bond donors (Lipinski definition) is 2. The van der Waals surface area contributed by atoms with Crippen LogP contribution in [0.15, 0.2) is 48.5 Å². The Bertz CT molecular complexity index is 1010. The van der Waals surface area contributed by atoms with Gasteiger partial charge in [-0.3, -0.25) is 4.79 Å². The van der Waals surface area contributed by atoms with E-state index in [1.54, 1.807) is 19.1 Å². The van der Waals surface area contributed by atoms with E-state index >= 15 is 0 Å². The van der Waals surface area contributed by atoms with Crippen LogP contribution in [0.4, 0.5) is 5.69 Å². The summed E-state index contributed by atoms with van der Waals surface area (Å²) in [5.74, 6) is -0.662. The first kappa shape index (κ1) is 24.4. The first-order valence-electron chi connectivity index (χ1n) is 11.7. The fraction of sp³-hybridized carbons (Fsp3) is 0.407. The number of nitrogens with one attached hydrogen (secondary N) is 1. The molecule has 0 aliphatic carbocycles. The Kier molecular flexibility index (Phi) is 8.52. The predicted octanol–water partition coefficient (Wildman–Crippen LogP) is 5.13. The number of aromatic carboxylic acids is 1. The van der Waals surface area contributed by atoms with E-state index < -0.39 is 5.97 Å². The van der Waals surface area contributed by atoms with Crippen molar-refractivity contribution in [3.05, 3.63) is 65.2 Å². The van der Waals surface area contributed by atoms with Gasteiger partial charge in [-0.2, -0.15) is 0 Å². The Labute approximate surface area is 196 Å². The summed E-state index contributed by atoms with van der Waals surface area (Å²) in [6.07, 6.45) is 5.83. The standard InChI is InChI=1S/C27H34N2O4/c1-4-33-25-17-20(12-13-22(25)27(31)32)18-26(30)28-23(16-19(2)3)21-10-6-7-11-24(21)29-14-8-5-9-15-29/h6-7,10-13,16-17,19H,4-5,8-9,14-15,18H2,1-3H3,(H,28,30)(H,31,32)/b23-16+. The molecule has 0 spiro atoms. The fourth-order valence-electron chi connectivity index (χ4n) is 4.15. The molecule has 0 bridgehead atoms. The lowest BCUT2D eigenvalue weighted by Gasteiger charge is -2.31. The average Bonchev–Trinajstić information content (AvgIpc) is 2.79. The number of rotatable bonds is 9. The van der Waals surface area contributed by atoms with Crippen LogP contribution in [-0.4, -0.2) is 36.7 Å². The summed E-state index contributed by atoms with van der Waals surface area (Å²) in [6.45, 7) is 8.38. The molecule has 1 heterocycles. The minimum Gasteiger partial charge on any atom is -0.493 e. The van der Waals surface area contributed by atoms with Gasteiger partial charge in [0.1, 0.15) is 11.3 Å². The molecule has 1 saturated heterocycles. The molecule has 1 aliphatic heterocycles. The van der Waals surface area contributed by atoms with Crippen LogP contribution in [0.3, 0.4) is 0 Å². The van der Waals surface area contributed by atoms with Gasteiger partial charge in [-0.25, -0.2) is 4.79 Å². The van der Waals surface area contributed by atoms with Gasteiger partial charge in [0.25, 0.3) is 0 Å². The van der Waals surface area contributed by atoms with Crippen molar-refractivity contribution in [1.82, 2.24) is 5.32 Å². The molecule has 0 atom stereocenters. The molecule has 2 aromatic carbocycles. The van der Waals surface area contributed by atoms with Crippen molar-refractivity contribution in [3.8, 4) is 5.75 Å². The van der Waals surface area contributed by atoms with E-state index in [-0.39, 0.29) is 29.6 Å². The molecule has 6 nitrogen and oxygen atoms in total. The van der Waals surface area contributed by atoms with Crippen molar-refractivity contribution in [2.45, 2.75) is 46.5 Å². The van der Waals surface area contributed by atoms with Crippen molar-refractivity contribution in [2.24, 2.45) is 5.92 Å². The summed E-state index contributed by atoms with van der Waals surface area (Å²) in [7, 11) is 0. The monoisotopic (exact) mass is 450 g/mol. The quantitative estimate of drug-likeness (QED) is 0.554. The van der Waals surface area contributed by atoms with Gasteiger partial charge < -0.3 is 20.1 Å². The van der Waals surface area contributed by atoms with Crippen molar-refractivity contribution in [2.75, 3.05) is 24.6 Å². The molecule has 0 saturated carbocycles. The summed E-state index contributed by atoms with van der Waals surface area (Å²) < 4.78 is 5.48. The molecule has 6 heteroatoms. The summed E-state index contributed by atoms with van der Waals surface area (Å²) >= 11 is 0. The van der Waals surface area contributed by atoms with Crippen LogP contribution in [0.25, 0.3) is 5.70 Å². The molecule has 3 rings (SSSR count). The molecular formula is C27H34N2O4. The van der Waals surface area contributed by atoms with Crippen LogP contribution in [-0.2, 0) is 11.2 Å². The maximum Gasteiger partial charge on any atom is 0.339 e. The third-order valence-electron chi connectivity index (χ3n) is 5.61. The summed E-state index contributed by atoms with van der Waals surface area (Å²) in [6, 6.07) is 13.0. The Morgan fingerprint density at radius 3 is 2.48 bits per heavy atom. The van der Waals surface area contributed by atoms with E-state index in [9.17, 15) is 14.7 Å². The topological polar surface area (TPSA) is 78.9 Å². The number of ether oxygens (including phenoxy) is 1. The Morgan fingerprint density at radius 1 is 1.09 bits per heavy atom. The van der Waals surface area contributed by atoms with Gasteiger partial charge in [0, 0.05) is 30.0 Å². The largest absolute Gasteiger partial charge is 0.493 e. The number of hydrogen-bond acceptors (Lipinski definition) is 4. The molecule has 2 N–H and O–H groups in total. The number of carboxylic acids is 1. The number of piperidine rings is 1. The van der Waals surface area contributed by atoms with E-state index in [0.717, 1.165) is 30.0 Å². The molecule has 0 radical (unpaired) electrons. The van der Waals surface area contributed by atoms with Crippen LogP contribution < -0.4 is 15.0 Å². The molecule has 1 amide bonds. The summed E-state index contributed by atoms with van der Waals surface area (Å²) in [5, 5.41) is 12.5. The number of carbonyl (C=O) groups excluding carboxylic acids is 1. The maximum atomic E-state index is 13.0. The van der Waals surface area contributed by atoms with Gasteiger partial charge in [-0.1, -0.05) is 44.2 Å². The average molecular weight is 451 g/mol. The highest BCUT2D eigenvalue weighted by Gasteiger charge is 2.19. The van der Waals surface area contributed by atoms with Crippen molar-refractivity contribution in [1.29, 1.82) is 0 Å². The third kappa shape index (κ3) is 6.60. The van der Waals surface area contributed by atoms with Gasteiger partial charge in [-0.05, 0) is 55.9 Å². The van der Waals surface area contributed by atoms with Gasteiger partial charge in [-0.15, -0.1) is 0 Å². The second kappa shape index (κ2) is 11.5. The normalized spacial score (nSPS) is 14.3. The second-order valence-corrected chi connectivity index (χ2v) is 8.68. The van der Waals surface area contributed by atoms with Gasteiger partial charge in [0.05, 0.1) is 13.0 Å². The van der Waals surface area contributed by atoms with Crippen molar-refractivity contribution < 1.29 is 19.4 Å². The van der Waals surface area contributed by atoms with Crippen LogP contribution >= 0.6 is 0 Å². The predicted molar refractivity (Wildman–Crippen MR) is 132 cm³/mol. The molecule has 0 unspecified atom stereocenters. The van der Waals surface area contributed by atoms with Crippen LogP contribution in [0, 0.1) is 5.92 Å². The third-order valence-corrected chi connectivity index (χ3v) is 5.61. The van der Waals surface area contributed by atoms with Crippen molar-refractivity contribution in [3.63, 3.8) is 0 Å². The van der Waals surface area contributed by atoms with E-state index in [4.69, 9.17) is 4.74 Å². The highest BCUT2D eigenvalue weighted by Crippen LogP contribution is 2.29. The minimum atomic E-state index is -1.05. The minimum absolute atomic E-state index is 0.0943. The number of benzene rings is 2. The molecular weight excluding hydrogens is 416 g/mol. The van der Waals surface area contributed by atoms with Crippen LogP contribution in [0.1, 0.15) is 61.5 Å². The zero-order valence-electron chi connectivity index (χ0n) is 19.8. The number of para-hydroxylation sites is 1. The number of allylic oxidation sites excluding steroid dienone is 1. The highest BCUT2D eigenvalue weighted by molar-refractivity contribution is 5.92. The SMILES string of the molecule is CCOc1cc(CC(=O)N/C(=C/C(C)C)c2ccccc2N2CCCCC2)ccc1C(=O)O. The van der Waals surface area contributed by atoms with Crippen LogP contribution in [0.5, 0.6) is 5.75 Å². The Morgan fingerprint density at radius 2 is 1.82 bits per heavy atom. The number of carboxylic acid groups (broad SMARTS) is 1. The lowest BCUT2D eigenvalue weighted by Crippen LogP contribution is -2.31. The first-order chi connectivity index (χ1) is 15.9. The number of amides is 1. The van der Waals surface area contributed by atoms with E-state index in [1.807, 2.05) is 12.1 Å². The number of anilines is 1. The van der Waals surface area contributed by atoms with E-state index in [0.29, 0.717) is 12.2 Å². The van der Waals surface area contributed by atoms with Gasteiger partial charge in [0.15, 0.2) is 0 Å². The molecule has 1 aliphatic rings. The molecule has 176 valence electrons. The zero-order valence-corrected chi connectivity index (χ0v) is 19.8. The Hall–Kier alpha value is -3.28. The van der Waals surface area contributed by atoms with E-state index in [2.05, 4.69) is 42.3 Å². The van der Waals surface area contributed by atoms with E-state index in [1.165, 1.54) is 25.3 Å². The number of carbonyl (C=O) groups is 2. The number of nitrogens with zero attached hydrogens (tertiary/aromatic N) is 1. The van der Waals surface area contributed by atoms with Crippen molar-refractivity contribution >= 4 is 23.3 Å².